The van der Waals surface area contributed by atoms with E-state index in [1.54, 1.807) is 0 Å². The van der Waals surface area contributed by atoms with E-state index < -0.39 is 0 Å². The van der Waals surface area contributed by atoms with Crippen LogP contribution in [0, 0.1) is 5.92 Å². The summed E-state index contributed by atoms with van der Waals surface area (Å²) in [6.07, 6.45) is 7.21. The lowest BCUT2D eigenvalue weighted by Gasteiger charge is -2.26. The summed E-state index contributed by atoms with van der Waals surface area (Å²) in [5.41, 5.74) is 0. The van der Waals surface area contributed by atoms with Crippen LogP contribution in [0.1, 0.15) is 38.5 Å². The van der Waals surface area contributed by atoms with Crippen molar-refractivity contribution < 1.29 is 14.7 Å². The van der Waals surface area contributed by atoms with Gasteiger partial charge in [0.25, 0.3) is 0 Å². The molecule has 0 radical (unpaired) electrons. The molecule has 0 aromatic heterocycles. The first kappa shape index (κ1) is 11.3. The summed E-state index contributed by atoms with van der Waals surface area (Å²) in [6, 6.07) is 0. The summed E-state index contributed by atoms with van der Waals surface area (Å²) < 4.78 is 5.80. The van der Waals surface area contributed by atoms with Crippen LogP contribution in [0.15, 0.2) is 0 Å². The number of hydrogen-bond acceptors (Lipinski definition) is 4. The van der Waals surface area contributed by atoms with Crippen LogP contribution in [0.25, 0.3) is 0 Å². The lowest BCUT2D eigenvalue weighted by atomic mass is 9.84. The molecule has 88 valence electrons. The highest BCUT2D eigenvalue weighted by Gasteiger charge is 2.39. The number of ether oxygens (including phenoxy) is 1. The minimum Gasteiger partial charge on any atom is -0.394 e. The first-order chi connectivity index (χ1) is 7.35. The molecular formula is C11H21NO3. The quantitative estimate of drug-likeness (QED) is 0.689. The molecule has 1 aliphatic heterocycles. The molecule has 1 saturated heterocycles. The van der Waals surface area contributed by atoms with Gasteiger partial charge in [-0.25, -0.2) is 5.90 Å². The van der Waals surface area contributed by atoms with E-state index in [2.05, 4.69) is 0 Å². The number of rotatable bonds is 3. The molecule has 2 fully saturated rings. The topological polar surface area (TPSA) is 64.7 Å². The van der Waals surface area contributed by atoms with Crippen LogP contribution in [-0.2, 0) is 9.57 Å². The molecule has 1 saturated carbocycles. The summed E-state index contributed by atoms with van der Waals surface area (Å²) in [5.74, 6) is 5.85. The molecule has 2 aliphatic rings. The molecule has 2 rings (SSSR count). The summed E-state index contributed by atoms with van der Waals surface area (Å²) >= 11 is 0. The molecule has 1 heterocycles. The zero-order valence-electron chi connectivity index (χ0n) is 9.10. The van der Waals surface area contributed by atoms with Gasteiger partial charge in [-0.3, -0.25) is 4.84 Å². The van der Waals surface area contributed by atoms with Gasteiger partial charge in [-0.1, -0.05) is 19.3 Å². The van der Waals surface area contributed by atoms with Crippen molar-refractivity contribution in [2.24, 2.45) is 11.8 Å². The second-order valence-electron chi connectivity index (χ2n) is 4.70. The van der Waals surface area contributed by atoms with Crippen molar-refractivity contribution in [3.63, 3.8) is 0 Å². The zero-order chi connectivity index (χ0) is 10.7. The van der Waals surface area contributed by atoms with E-state index in [0.717, 1.165) is 6.42 Å². The second-order valence-corrected chi connectivity index (χ2v) is 4.70. The Labute approximate surface area is 90.7 Å². The van der Waals surface area contributed by atoms with Crippen molar-refractivity contribution in [3.05, 3.63) is 0 Å². The molecule has 0 spiro atoms. The standard InChI is InChI=1S/C11H21NO3/c12-15-10-6-9(14-11(10)7-13)8-4-2-1-3-5-8/h8-11,13H,1-7,12H2. The van der Waals surface area contributed by atoms with Gasteiger partial charge in [0.1, 0.15) is 12.2 Å². The van der Waals surface area contributed by atoms with E-state index in [-0.39, 0.29) is 24.9 Å². The normalized spacial score (nSPS) is 38.4. The average molecular weight is 215 g/mol. The summed E-state index contributed by atoms with van der Waals surface area (Å²) in [5, 5.41) is 9.12. The van der Waals surface area contributed by atoms with E-state index >= 15 is 0 Å². The summed E-state index contributed by atoms with van der Waals surface area (Å²) in [7, 11) is 0. The van der Waals surface area contributed by atoms with Gasteiger partial charge in [0.05, 0.1) is 12.7 Å². The SMILES string of the molecule is NOC1CC(C2CCCCC2)OC1CO. The maximum Gasteiger partial charge on any atom is 0.110 e. The van der Waals surface area contributed by atoms with Crippen molar-refractivity contribution in [1.29, 1.82) is 0 Å². The van der Waals surface area contributed by atoms with E-state index in [0.29, 0.717) is 5.92 Å². The summed E-state index contributed by atoms with van der Waals surface area (Å²) in [6.45, 7) is 0.00505. The molecule has 3 unspecified atom stereocenters. The Morgan fingerprint density at radius 2 is 2.00 bits per heavy atom. The molecule has 15 heavy (non-hydrogen) atoms. The average Bonchev–Trinajstić information content (AvgIpc) is 2.73. The van der Waals surface area contributed by atoms with Crippen LogP contribution in [-0.4, -0.2) is 30.0 Å². The molecule has 0 aromatic rings. The molecule has 0 bridgehead atoms. The largest absolute Gasteiger partial charge is 0.394 e. The molecule has 3 N–H and O–H groups in total. The van der Waals surface area contributed by atoms with E-state index in [1.165, 1.54) is 32.1 Å². The first-order valence-corrected chi connectivity index (χ1v) is 5.97. The third-order valence-electron chi connectivity index (χ3n) is 3.76. The number of aliphatic hydroxyl groups is 1. The van der Waals surface area contributed by atoms with Crippen molar-refractivity contribution in [2.45, 2.75) is 56.8 Å². The maximum absolute atomic E-state index is 9.12. The highest BCUT2D eigenvalue weighted by atomic mass is 16.6. The highest BCUT2D eigenvalue weighted by molar-refractivity contribution is 4.87. The van der Waals surface area contributed by atoms with Crippen LogP contribution < -0.4 is 5.90 Å². The summed E-state index contributed by atoms with van der Waals surface area (Å²) in [4.78, 5) is 4.85. The minimum atomic E-state index is -0.220. The third kappa shape index (κ3) is 2.50. The Balaban J connectivity index is 1.88. The monoisotopic (exact) mass is 215 g/mol. The Hall–Kier alpha value is -0.160. The Morgan fingerprint density at radius 1 is 1.27 bits per heavy atom. The molecule has 1 aliphatic carbocycles. The molecule has 4 nitrogen and oxygen atoms in total. The van der Waals surface area contributed by atoms with Gasteiger partial charge in [-0.2, -0.15) is 0 Å². The predicted molar refractivity (Wildman–Crippen MR) is 56.0 cm³/mol. The number of hydrogen-bond donors (Lipinski definition) is 2. The second kappa shape index (κ2) is 5.25. The zero-order valence-corrected chi connectivity index (χ0v) is 9.10. The third-order valence-corrected chi connectivity index (χ3v) is 3.76. The van der Waals surface area contributed by atoms with Crippen LogP contribution in [0.5, 0.6) is 0 Å². The van der Waals surface area contributed by atoms with E-state index in [4.69, 9.17) is 20.6 Å². The first-order valence-electron chi connectivity index (χ1n) is 5.97. The highest BCUT2D eigenvalue weighted by Crippen LogP contribution is 2.35. The van der Waals surface area contributed by atoms with E-state index in [1.807, 2.05) is 0 Å². The number of nitrogens with two attached hydrogens (primary N) is 1. The lowest BCUT2D eigenvalue weighted by Crippen LogP contribution is -2.30. The van der Waals surface area contributed by atoms with Crippen molar-refractivity contribution in [2.75, 3.05) is 6.61 Å². The van der Waals surface area contributed by atoms with Gasteiger partial charge in [-0.05, 0) is 18.8 Å². The Morgan fingerprint density at radius 3 is 2.53 bits per heavy atom. The Kier molecular flexibility index (Phi) is 3.97. The fourth-order valence-corrected chi connectivity index (χ4v) is 2.86. The fourth-order valence-electron chi connectivity index (χ4n) is 2.86. The lowest BCUT2D eigenvalue weighted by molar-refractivity contribution is -0.0603. The molecule has 3 atom stereocenters. The minimum absolute atomic E-state index is 0.00505. The number of aliphatic hydroxyl groups excluding tert-OH is 1. The Bertz CT molecular complexity index is 182. The van der Waals surface area contributed by atoms with Crippen LogP contribution in [0.2, 0.25) is 0 Å². The van der Waals surface area contributed by atoms with Crippen LogP contribution >= 0.6 is 0 Å². The molecule has 0 amide bonds. The fraction of sp³-hybridized carbons (Fsp3) is 1.00. The van der Waals surface area contributed by atoms with Gasteiger partial charge >= 0.3 is 0 Å². The van der Waals surface area contributed by atoms with Crippen molar-refractivity contribution in [1.82, 2.24) is 0 Å². The predicted octanol–water partition coefficient (Wildman–Crippen LogP) is 0.975. The van der Waals surface area contributed by atoms with Gasteiger partial charge in [0.2, 0.25) is 0 Å². The van der Waals surface area contributed by atoms with Gasteiger partial charge in [0, 0.05) is 6.42 Å². The van der Waals surface area contributed by atoms with Crippen LogP contribution in [0.3, 0.4) is 0 Å². The maximum atomic E-state index is 9.12. The van der Waals surface area contributed by atoms with Gasteiger partial charge in [-0.15, -0.1) is 0 Å². The smallest absolute Gasteiger partial charge is 0.110 e. The van der Waals surface area contributed by atoms with E-state index in [9.17, 15) is 0 Å². The van der Waals surface area contributed by atoms with Gasteiger partial charge < -0.3 is 9.84 Å². The van der Waals surface area contributed by atoms with Crippen molar-refractivity contribution in [3.8, 4) is 0 Å². The molecular weight excluding hydrogens is 194 g/mol. The molecule has 4 heteroatoms. The molecule has 0 aromatic carbocycles. The van der Waals surface area contributed by atoms with Crippen molar-refractivity contribution >= 4 is 0 Å². The van der Waals surface area contributed by atoms with Gasteiger partial charge in [0.15, 0.2) is 0 Å². The van der Waals surface area contributed by atoms with Crippen LogP contribution in [0.4, 0.5) is 0 Å².